The van der Waals surface area contributed by atoms with E-state index >= 15 is 0 Å². The van der Waals surface area contributed by atoms with Crippen LogP contribution in [0.2, 0.25) is 0 Å². The van der Waals surface area contributed by atoms with E-state index in [1.807, 2.05) is 30.3 Å². The van der Waals surface area contributed by atoms with Crippen molar-refractivity contribution in [1.29, 1.82) is 0 Å². The first kappa shape index (κ1) is 12.0. The Hall–Kier alpha value is -1.09. The van der Waals surface area contributed by atoms with E-state index in [4.69, 9.17) is 4.74 Å². The van der Waals surface area contributed by atoms with Gasteiger partial charge in [-0.1, -0.05) is 52.3 Å². The van der Waals surface area contributed by atoms with Crippen LogP contribution in [0, 0.1) is 0 Å². The third-order valence-electron chi connectivity index (χ3n) is 1.86. The van der Waals surface area contributed by atoms with Gasteiger partial charge in [0.2, 0.25) is 0 Å². The van der Waals surface area contributed by atoms with E-state index in [1.165, 1.54) is 6.08 Å². The second-order valence-electron chi connectivity index (χ2n) is 3.05. The van der Waals surface area contributed by atoms with Crippen molar-refractivity contribution in [2.45, 2.75) is 11.2 Å². The van der Waals surface area contributed by atoms with Crippen molar-refractivity contribution >= 4 is 21.9 Å². The maximum Gasteiger partial charge on any atom is 0.309 e. The van der Waals surface area contributed by atoms with Gasteiger partial charge in [0.05, 0.1) is 11.2 Å². The highest BCUT2D eigenvalue weighted by Gasteiger charge is 2.09. The van der Waals surface area contributed by atoms with Crippen LogP contribution in [0.25, 0.3) is 0 Å². The summed E-state index contributed by atoms with van der Waals surface area (Å²) in [5, 5.41) is 0. The average Bonchev–Trinajstić information content (AvgIpc) is 2.27. The maximum atomic E-state index is 11.1. The average molecular weight is 269 g/mol. The molecule has 0 aliphatic heterocycles. The number of ether oxygens (including phenoxy) is 1. The summed E-state index contributed by atoms with van der Waals surface area (Å²) >= 11 is 3.46. The predicted molar refractivity (Wildman–Crippen MR) is 63.9 cm³/mol. The minimum atomic E-state index is -0.245. The summed E-state index contributed by atoms with van der Waals surface area (Å²) in [6.07, 6.45) is 1.79. The minimum absolute atomic E-state index is 0.0486. The second-order valence-corrected chi connectivity index (χ2v) is 4.16. The number of halogens is 1. The quantitative estimate of drug-likeness (QED) is 0.466. The molecule has 0 amide bonds. The lowest BCUT2D eigenvalue weighted by atomic mass is 10.2. The summed E-state index contributed by atoms with van der Waals surface area (Å²) in [7, 11) is 0. The van der Waals surface area contributed by atoms with E-state index in [0.717, 1.165) is 5.56 Å². The first-order chi connectivity index (χ1) is 7.24. The van der Waals surface area contributed by atoms with Gasteiger partial charge in [-0.25, -0.2) is 0 Å². The number of alkyl halides is 1. The molecular weight excluding hydrogens is 256 g/mol. The molecule has 80 valence electrons. The number of hydrogen-bond acceptors (Lipinski definition) is 2. The number of carbonyl (C=O) groups excluding carboxylic acids is 1. The van der Waals surface area contributed by atoms with Crippen molar-refractivity contribution in [3.63, 3.8) is 0 Å². The van der Waals surface area contributed by atoms with Crippen LogP contribution in [0.3, 0.4) is 0 Å². The second kappa shape index (κ2) is 6.40. The van der Waals surface area contributed by atoms with Crippen LogP contribution in [-0.4, -0.2) is 12.6 Å². The zero-order valence-electron chi connectivity index (χ0n) is 8.36. The Kier molecular flexibility index (Phi) is 5.12. The lowest BCUT2D eigenvalue weighted by Crippen LogP contribution is -2.08. The largest absolute Gasteiger partial charge is 0.464 e. The van der Waals surface area contributed by atoms with Crippen LogP contribution in [0.4, 0.5) is 0 Å². The van der Waals surface area contributed by atoms with Crippen molar-refractivity contribution in [2.24, 2.45) is 0 Å². The molecule has 0 bridgehead atoms. The van der Waals surface area contributed by atoms with Crippen molar-refractivity contribution in [3.8, 4) is 0 Å². The van der Waals surface area contributed by atoms with Crippen LogP contribution in [-0.2, 0) is 9.53 Å². The van der Waals surface area contributed by atoms with Gasteiger partial charge in [0.15, 0.2) is 0 Å². The Morgan fingerprint density at radius 3 is 2.73 bits per heavy atom. The third-order valence-corrected chi connectivity index (χ3v) is 2.66. The van der Waals surface area contributed by atoms with Crippen molar-refractivity contribution in [1.82, 2.24) is 0 Å². The lowest BCUT2D eigenvalue weighted by molar-refractivity contribution is -0.142. The van der Waals surface area contributed by atoms with Gasteiger partial charge in [0.1, 0.15) is 6.61 Å². The lowest BCUT2D eigenvalue weighted by Gasteiger charge is -2.10. The molecule has 0 saturated carbocycles. The first-order valence-electron chi connectivity index (χ1n) is 4.69. The Morgan fingerprint density at radius 1 is 1.47 bits per heavy atom. The van der Waals surface area contributed by atoms with E-state index in [0.29, 0.717) is 6.61 Å². The van der Waals surface area contributed by atoms with Gasteiger partial charge in [-0.05, 0) is 5.56 Å². The number of benzene rings is 1. The van der Waals surface area contributed by atoms with E-state index in [2.05, 4.69) is 22.5 Å². The summed E-state index contributed by atoms with van der Waals surface area (Å²) in [5.74, 6) is -0.245. The summed E-state index contributed by atoms with van der Waals surface area (Å²) < 4.78 is 5.04. The Morgan fingerprint density at radius 2 is 2.13 bits per heavy atom. The number of carbonyl (C=O) groups is 1. The molecule has 0 heterocycles. The van der Waals surface area contributed by atoms with E-state index in [-0.39, 0.29) is 17.2 Å². The molecule has 0 radical (unpaired) electrons. The molecule has 3 heteroatoms. The van der Waals surface area contributed by atoms with Crippen molar-refractivity contribution < 1.29 is 9.53 Å². The fraction of sp³-hybridized carbons (Fsp3) is 0.250. The topological polar surface area (TPSA) is 26.3 Å². The Bertz CT molecular complexity index is 322. The molecular formula is C12H13BrO2. The molecule has 1 atom stereocenters. The molecule has 2 nitrogen and oxygen atoms in total. The smallest absolute Gasteiger partial charge is 0.309 e. The van der Waals surface area contributed by atoms with Crippen LogP contribution >= 0.6 is 15.9 Å². The first-order valence-corrected chi connectivity index (χ1v) is 5.61. The molecule has 1 aromatic rings. The van der Waals surface area contributed by atoms with Gasteiger partial charge < -0.3 is 4.74 Å². The van der Waals surface area contributed by atoms with Gasteiger partial charge in [0, 0.05) is 0 Å². The van der Waals surface area contributed by atoms with E-state index in [1.54, 1.807) is 0 Å². The van der Waals surface area contributed by atoms with Crippen LogP contribution < -0.4 is 0 Å². The zero-order chi connectivity index (χ0) is 11.1. The van der Waals surface area contributed by atoms with Gasteiger partial charge >= 0.3 is 5.97 Å². The molecule has 15 heavy (non-hydrogen) atoms. The standard InChI is InChI=1S/C12H13BrO2/c1-2-6-12(14)15-9-11(13)10-7-4-3-5-8-10/h2-5,7-8,11H,1,6,9H2. The molecule has 1 rings (SSSR count). The molecule has 1 unspecified atom stereocenters. The van der Waals surface area contributed by atoms with Crippen molar-refractivity contribution in [3.05, 3.63) is 48.6 Å². The molecule has 1 aromatic carbocycles. The number of esters is 1. The molecule has 0 spiro atoms. The Labute approximate surface area is 98.1 Å². The summed E-state index contributed by atoms with van der Waals surface area (Å²) in [6.45, 7) is 3.82. The fourth-order valence-corrected chi connectivity index (χ4v) is 1.54. The number of rotatable bonds is 5. The van der Waals surface area contributed by atoms with Crippen molar-refractivity contribution in [2.75, 3.05) is 6.61 Å². The van der Waals surface area contributed by atoms with Gasteiger partial charge in [-0.15, -0.1) is 6.58 Å². The highest BCUT2D eigenvalue weighted by Crippen LogP contribution is 2.22. The monoisotopic (exact) mass is 268 g/mol. The summed E-state index contributed by atoms with van der Waals surface area (Å²) in [6, 6.07) is 9.83. The highest BCUT2D eigenvalue weighted by atomic mass is 79.9. The summed E-state index contributed by atoms with van der Waals surface area (Å²) in [5.41, 5.74) is 1.10. The van der Waals surface area contributed by atoms with E-state index < -0.39 is 0 Å². The highest BCUT2D eigenvalue weighted by molar-refractivity contribution is 9.09. The fourth-order valence-electron chi connectivity index (χ4n) is 1.10. The van der Waals surface area contributed by atoms with Gasteiger partial charge in [-0.2, -0.15) is 0 Å². The zero-order valence-corrected chi connectivity index (χ0v) is 9.94. The molecule has 0 N–H and O–H groups in total. The number of hydrogen-bond donors (Lipinski definition) is 0. The summed E-state index contributed by atoms with van der Waals surface area (Å²) in [4.78, 5) is 11.1. The van der Waals surface area contributed by atoms with Crippen LogP contribution in [0.5, 0.6) is 0 Å². The maximum absolute atomic E-state index is 11.1. The Balaban J connectivity index is 2.40. The van der Waals surface area contributed by atoms with Crippen LogP contribution in [0.1, 0.15) is 16.8 Å². The molecule has 0 fully saturated rings. The third kappa shape index (κ3) is 4.30. The molecule has 0 aliphatic rings. The molecule has 0 aliphatic carbocycles. The predicted octanol–water partition coefficient (Wildman–Crippen LogP) is 3.24. The van der Waals surface area contributed by atoms with E-state index in [9.17, 15) is 4.79 Å². The SMILES string of the molecule is C=CCC(=O)OCC(Br)c1ccccc1. The normalized spacial score (nSPS) is 11.8. The molecule has 0 saturated heterocycles. The van der Waals surface area contributed by atoms with Gasteiger partial charge in [-0.3, -0.25) is 4.79 Å². The van der Waals surface area contributed by atoms with Crippen LogP contribution in [0.15, 0.2) is 43.0 Å². The van der Waals surface area contributed by atoms with Gasteiger partial charge in [0.25, 0.3) is 0 Å². The minimum Gasteiger partial charge on any atom is -0.464 e. The molecule has 0 aromatic heterocycles.